The van der Waals surface area contributed by atoms with E-state index < -0.39 is 5.60 Å². The van der Waals surface area contributed by atoms with E-state index in [4.69, 9.17) is 0 Å². The maximum absolute atomic E-state index is 13.0. The zero-order valence-corrected chi connectivity index (χ0v) is 19.8. The van der Waals surface area contributed by atoms with E-state index in [0.29, 0.717) is 17.7 Å². The van der Waals surface area contributed by atoms with Crippen LogP contribution in [0.2, 0.25) is 0 Å². The van der Waals surface area contributed by atoms with Crippen LogP contribution in [-0.4, -0.2) is 25.2 Å². The van der Waals surface area contributed by atoms with Gasteiger partial charge in [-0.25, -0.2) is 0 Å². The number of carbonyl (C=O) groups excluding carboxylic acids is 1. The fraction of sp³-hybridized carbons (Fsp3) is 0.172. The second-order valence-corrected chi connectivity index (χ2v) is 8.56. The fourth-order valence-corrected chi connectivity index (χ4v) is 4.69. The Kier molecular flexibility index (Phi) is 5.97. The number of aliphatic hydroxyl groups is 1. The average Bonchev–Trinajstić information content (AvgIpc) is 3.53. The summed E-state index contributed by atoms with van der Waals surface area (Å²) in [5.41, 5.74) is 4.15. The Morgan fingerprint density at radius 1 is 0.971 bits per heavy atom. The lowest BCUT2D eigenvalue weighted by molar-refractivity contribution is 0.102. The normalized spacial score (nSPS) is 11.6. The molecule has 0 bridgehead atoms. The van der Waals surface area contributed by atoms with Gasteiger partial charge in [-0.05, 0) is 42.2 Å². The Morgan fingerprint density at radius 2 is 1.63 bits per heavy atom. The summed E-state index contributed by atoms with van der Waals surface area (Å²) in [5.74, 6) is -0.200. The number of benzene rings is 2. The Hall–Kier alpha value is -4.16. The molecule has 0 aliphatic rings. The van der Waals surface area contributed by atoms with Gasteiger partial charge in [0.15, 0.2) is 0 Å². The van der Waals surface area contributed by atoms with E-state index in [1.807, 2.05) is 96.6 Å². The molecule has 6 nitrogen and oxygen atoms in total. The number of fused-ring (bicyclic) bond motifs is 1. The first-order valence-electron chi connectivity index (χ1n) is 11.9. The van der Waals surface area contributed by atoms with Gasteiger partial charge in [0.25, 0.3) is 5.91 Å². The van der Waals surface area contributed by atoms with Crippen molar-refractivity contribution in [3.05, 3.63) is 125 Å². The van der Waals surface area contributed by atoms with Crippen LogP contribution < -0.4 is 5.32 Å². The SMILES string of the molecule is CCc1c(C(O)(c2ccccc2)c2ccccc2)cn2ccc(C(=O)Nc3cnn(CC)c3)cc12. The summed E-state index contributed by atoms with van der Waals surface area (Å²) in [6.45, 7) is 4.80. The highest BCUT2D eigenvalue weighted by Crippen LogP contribution is 2.40. The van der Waals surface area contributed by atoms with Gasteiger partial charge in [0.05, 0.1) is 11.9 Å². The molecule has 0 spiro atoms. The van der Waals surface area contributed by atoms with Crippen LogP contribution in [0, 0.1) is 0 Å². The number of hydrogen-bond acceptors (Lipinski definition) is 3. The van der Waals surface area contributed by atoms with Gasteiger partial charge in [-0.2, -0.15) is 5.10 Å². The molecule has 0 aliphatic heterocycles. The van der Waals surface area contributed by atoms with Crippen LogP contribution in [0.15, 0.2) is 97.6 Å². The Morgan fingerprint density at radius 3 is 2.20 bits per heavy atom. The summed E-state index contributed by atoms with van der Waals surface area (Å²) in [6.07, 6.45) is 8.00. The first-order valence-corrected chi connectivity index (χ1v) is 11.9. The molecule has 0 unspecified atom stereocenters. The Bertz CT molecular complexity index is 1430. The van der Waals surface area contributed by atoms with Crippen molar-refractivity contribution in [2.75, 3.05) is 5.32 Å². The number of aromatic nitrogens is 3. The van der Waals surface area contributed by atoms with E-state index in [-0.39, 0.29) is 5.91 Å². The molecule has 2 aromatic carbocycles. The van der Waals surface area contributed by atoms with Crippen molar-refractivity contribution in [1.29, 1.82) is 0 Å². The highest BCUT2D eigenvalue weighted by molar-refractivity contribution is 6.04. The topological polar surface area (TPSA) is 71.6 Å². The van der Waals surface area contributed by atoms with Crippen molar-refractivity contribution in [2.24, 2.45) is 0 Å². The van der Waals surface area contributed by atoms with Crippen LogP contribution in [0.3, 0.4) is 0 Å². The van der Waals surface area contributed by atoms with Gasteiger partial charge < -0.3 is 14.8 Å². The van der Waals surface area contributed by atoms with Crippen molar-refractivity contribution in [3.63, 3.8) is 0 Å². The minimum Gasteiger partial charge on any atom is -0.376 e. The molecule has 2 N–H and O–H groups in total. The molecule has 0 atom stereocenters. The van der Waals surface area contributed by atoms with Gasteiger partial charge in [-0.15, -0.1) is 0 Å². The number of pyridine rings is 1. The van der Waals surface area contributed by atoms with Crippen LogP contribution >= 0.6 is 0 Å². The molecule has 1 amide bonds. The lowest BCUT2D eigenvalue weighted by Gasteiger charge is -2.30. The molecule has 6 heteroatoms. The summed E-state index contributed by atoms with van der Waals surface area (Å²) in [5, 5.41) is 19.5. The van der Waals surface area contributed by atoms with Crippen LogP contribution in [0.4, 0.5) is 5.69 Å². The van der Waals surface area contributed by atoms with E-state index >= 15 is 0 Å². The average molecular weight is 465 g/mol. The third kappa shape index (κ3) is 4.02. The smallest absolute Gasteiger partial charge is 0.255 e. The number of anilines is 1. The molecular weight excluding hydrogens is 436 g/mol. The molecule has 0 saturated carbocycles. The molecule has 35 heavy (non-hydrogen) atoms. The summed E-state index contributed by atoms with van der Waals surface area (Å²) >= 11 is 0. The van der Waals surface area contributed by atoms with Crippen LogP contribution in [0.25, 0.3) is 5.52 Å². The maximum Gasteiger partial charge on any atom is 0.255 e. The molecule has 3 heterocycles. The summed E-state index contributed by atoms with van der Waals surface area (Å²) in [4.78, 5) is 13.0. The van der Waals surface area contributed by atoms with E-state index in [2.05, 4.69) is 17.3 Å². The first-order chi connectivity index (χ1) is 17.0. The number of amides is 1. The molecular formula is C29H28N4O2. The van der Waals surface area contributed by atoms with Crippen LogP contribution in [0.1, 0.15) is 46.5 Å². The van der Waals surface area contributed by atoms with Crippen molar-refractivity contribution in [1.82, 2.24) is 14.2 Å². The van der Waals surface area contributed by atoms with E-state index in [1.165, 1.54) is 0 Å². The largest absolute Gasteiger partial charge is 0.376 e. The van der Waals surface area contributed by atoms with Crippen molar-refractivity contribution in [3.8, 4) is 0 Å². The van der Waals surface area contributed by atoms with Crippen molar-refractivity contribution < 1.29 is 9.90 Å². The second-order valence-electron chi connectivity index (χ2n) is 8.56. The lowest BCUT2D eigenvalue weighted by atomic mass is 9.79. The number of aryl methyl sites for hydroxylation is 2. The van der Waals surface area contributed by atoms with Gasteiger partial charge in [0, 0.05) is 41.8 Å². The van der Waals surface area contributed by atoms with Crippen molar-refractivity contribution >= 4 is 17.1 Å². The van der Waals surface area contributed by atoms with Gasteiger partial charge in [-0.1, -0.05) is 67.6 Å². The number of hydrogen-bond donors (Lipinski definition) is 2. The zero-order valence-electron chi connectivity index (χ0n) is 19.8. The molecule has 0 aliphatic carbocycles. The van der Waals surface area contributed by atoms with Gasteiger partial charge in [0.1, 0.15) is 5.60 Å². The Balaban J connectivity index is 1.62. The van der Waals surface area contributed by atoms with Gasteiger partial charge in [0.2, 0.25) is 0 Å². The maximum atomic E-state index is 13.0. The first kappa shape index (κ1) is 22.6. The minimum absolute atomic E-state index is 0.200. The van der Waals surface area contributed by atoms with Gasteiger partial charge >= 0.3 is 0 Å². The number of rotatable bonds is 7. The molecule has 5 aromatic rings. The molecule has 0 fully saturated rings. The highest BCUT2D eigenvalue weighted by Gasteiger charge is 2.37. The third-order valence-electron chi connectivity index (χ3n) is 6.49. The molecule has 176 valence electrons. The second kappa shape index (κ2) is 9.24. The summed E-state index contributed by atoms with van der Waals surface area (Å²) < 4.78 is 3.75. The predicted molar refractivity (Wildman–Crippen MR) is 138 cm³/mol. The zero-order chi connectivity index (χ0) is 24.4. The van der Waals surface area contributed by atoms with Crippen LogP contribution in [-0.2, 0) is 18.6 Å². The highest BCUT2D eigenvalue weighted by atomic mass is 16.3. The lowest BCUT2D eigenvalue weighted by Crippen LogP contribution is -2.29. The fourth-order valence-electron chi connectivity index (χ4n) is 4.69. The van der Waals surface area contributed by atoms with E-state index in [1.54, 1.807) is 16.9 Å². The summed E-state index contributed by atoms with van der Waals surface area (Å²) in [7, 11) is 0. The molecule has 3 aromatic heterocycles. The Labute approximate surface area is 204 Å². The van der Waals surface area contributed by atoms with Crippen LogP contribution in [0.5, 0.6) is 0 Å². The molecule has 5 rings (SSSR count). The summed E-state index contributed by atoms with van der Waals surface area (Å²) in [6, 6.07) is 23.1. The standard InChI is InChI=1S/C29H28N4O2/c1-3-25-26(29(35,22-11-7-5-8-12-22)23-13-9-6-10-14-23)20-32-16-15-21(17-27(25)32)28(34)31-24-18-30-33(4-2)19-24/h5-20,35H,3-4H2,1-2H3,(H,31,34). The van der Waals surface area contributed by atoms with Crippen molar-refractivity contribution in [2.45, 2.75) is 32.4 Å². The predicted octanol–water partition coefficient (Wildman–Crippen LogP) is 5.25. The monoisotopic (exact) mass is 464 g/mol. The molecule has 0 radical (unpaired) electrons. The number of nitrogens with one attached hydrogen (secondary N) is 1. The number of carbonyl (C=O) groups is 1. The third-order valence-corrected chi connectivity index (χ3v) is 6.49. The number of nitrogens with zero attached hydrogens (tertiary/aromatic N) is 3. The van der Waals surface area contributed by atoms with E-state index in [0.717, 1.165) is 34.3 Å². The quantitative estimate of drug-likeness (QED) is 0.345. The van der Waals surface area contributed by atoms with E-state index in [9.17, 15) is 9.90 Å². The molecule has 0 saturated heterocycles. The minimum atomic E-state index is -1.34. The van der Waals surface area contributed by atoms with Gasteiger partial charge in [-0.3, -0.25) is 9.48 Å².